The summed E-state index contributed by atoms with van der Waals surface area (Å²) in [6.45, 7) is 3.91. The number of carbonyl (C=O) groups is 5. The minimum atomic E-state index is -5.30. The molecule has 94 heavy (non-hydrogen) atoms. The fraction of sp³-hybridized carbons (Fsp3) is 0.483. The number of carbonyl (C=O) groups excluding carboxylic acids is 2. The second kappa shape index (κ2) is 34.6. The molecule has 7 rings (SSSR count). The maximum Gasteiger partial charge on any atom is 0.317 e. The Labute approximate surface area is 557 Å². The van der Waals surface area contributed by atoms with E-state index in [4.69, 9.17) is 25.8 Å². The number of likely N-dealkylation sites (N-methyl/N-ethyl adjacent to an activating group) is 1. The van der Waals surface area contributed by atoms with E-state index in [0.717, 1.165) is 35.9 Å². The molecule has 0 aliphatic carbocycles. The molecule has 0 unspecified atom stereocenters. The zero-order valence-corrected chi connectivity index (χ0v) is 56.4. The van der Waals surface area contributed by atoms with Gasteiger partial charge in [-0.3, -0.25) is 72.1 Å². The van der Waals surface area contributed by atoms with E-state index in [-0.39, 0.29) is 106 Å². The van der Waals surface area contributed by atoms with Gasteiger partial charge < -0.3 is 39.7 Å². The van der Waals surface area contributed by atoms with Crippen molar-refractivity contribution in [2.24, 2.45) is 0 Å². The molecule has 3 aromatic carbocycles. The standard InChI is InChI=1S/C58H76BrClN12O19S3/c1-65(33-52(73)62-30-57(93(83,84)85)94(86,87)88)31-44-26-49(60)51(27-50(44)90-38-41-24-47(29-61-28-41)92(2,81)82)91-39-43-7-4-9-48(58(43)59)42-6-3-8-46(25-42)89-40-45-32-72(64-63-45)11-5-10-66-20-22-71(23-21-66)53(74)34-67-12-14-68(35-54(75)76)16-18-70(37-56(79)80)19-17-69(15-13-67)36-55(77)78/h3-4,6-9,24-29,32,57H,5,10-23,30-31,33-40H2,1-2H3,(H,62,73)(H,75,76)(H,77,78)(H,79,80)(H,83,84,85)(H,86,87,88). The van der Waals surface area contributed by atoms with Gasteiger partial charge in [-0.1, -0.05) is 47.1 Å². The number of aromatic nitrogens is 4. The van der Waals surface area contributed by atoms with E-state index < -0.39 is 71.6 Å². The van der Waals surface area contributed by atoms with Crippen molar-refractivity contribution in [1.29, 1.82) is 0 Å². The number of nitrogens with zero attached hydrogens (tertiary/aromatic N) is 11. The average Bonchev–Trinajstić information content (AvgIpc) is 0.995. The number of piperazine rings is 1. The lowest BCUT2D eigenvalue weighted by atomic mass is 10.0. The van der Waals surface area contributed by atoms with Crippen LogP contribution in [0.3, 0.4) is 0 Å². The van der Waals surface area contributed by atoms with E-state index in [2.05, 4.69) is 41.4 Å². The molecule has 2 saturated heterocycles. The summed E-state index contributed by atoms with van der Waals surface area (Å²) in [4.78, 5) is 78.1. The number of carboxylic acid groups (broad SMARTS) is 3. The van der Waals surface area contributed by atoms with E-state index in [9.17, 15) is 73.7 Å². The van der Waals surface area contributed by atoms with Crippen LogP contribution in [0.25, 0.3) is 11.1 Å². The van der Waals surface area contributed by atoms with Crippen molar-refractivity contribution in [3.63, 3.8) is 0 Å². The number of rotatable bonds is 31. The molecule has 0 saturated carbocycles. The number of sulfone groups is 1. The highest BCUT2D eigenvalue weighted by Crippen LogP contribution is 2.37. The van der Waals surface area contributed by atoms with Crippen molar-refractivity contribution >= 4 is 87.3 Å². The van der Waals surface area contributed by atoms with Gasteiger partial charge in [-0.05, 0) is 64.8 Å². The van der Waals surface area contributed by atoms with Crippen LogP contribution in [0.2, 0.25) is 5.02 Å². The minimum Gasteiger partial charge on any atom is -0.488 e. The van der Waals surface area contributed by atoms with Gasteiger partial charge in [-0.15, -0.1) is 5.10 Å². The molecule has 2 fully saturated rings. The lowest BCUT2D eigenvalue weighted by molar-refractivity contribution is -0.141. The Kier molecular flexibility index (Phi) is 27.4. The lowest BCUT2D eigenvalue weighted by Gasteiger charge is -2.37. The third-order valence-corrected chi connectivity index (χ3v) is 20.7. The predicted molar refractivity (Wildman–Crippen MR) is 344 cm³/mol. The lowest BCUT2D eigenvalue weighted by Crippen LogP contribution is -2.53. The summed E-state index contributed by atoms with van der Waals surface area (Å²) in [6.07, 6.45) is 6.26. The number of halogens is 2. The Morgan fingerprint density at radius 3 is 1.83 bits per heavy atom. The molecule has 0 atom stereocenters. The molecule has 31 nitrogen and oxygen atoms in total. The Hall–Kier alpha value is -7.00. The summed E-state index contributed by atoms with van der Waals surface area (Å²) in [5.41, 5.74) is 3.80. The molecule has 4 heterocycles. The van der Waals surface area contributed by atoms with Gasteiger partial charge in [0, 0.05) is 144 Å². The number of hydrogen-bond acceptors (Lipinski definition) is 23. The van der Waals surface area contributed by atoms with Crippen LogP contribution in [-0.2, 0) is 87.0 Å². The number of pyridine rings is 1. The average molecular weight is 1460 g/mol. The van der Waals surface area contributed by atoms with E-state index in [1.807, 2.05) is 58.5 Å². The number of ether oxygens (including phenoxy) is 3. The van der Waals surface area contributed by atoms with Gasteiger partial charge in [-0.25, -0.2) is 8.42 Å². The highest BCUT2D eigenvalue weighted by molar-refractivity contribution is 9.10. The zero-order valence-electron chi connectivity index (χ0n) is 51.6. The van der Waals surface area contributed by atoms with Gasteiger partial charge in [-0.2, -0.15) is 16.8 Å². The van der Waals surface area contributed by atoms with Crippen LogP contribution in [0.15, 0.2) is 88.6 Å². The molecule has 2 aliphatic heterocycles. The van der Waals surface area contributed by atoms with Crippen molar-refractivity contribution < 1.29 is 87.9 Å². The molecule has 514 valence electrons. The second-order valence-corrected chi connectivity index (χ2v) is 29.3. The Morgan fingerprint density at radius 2 is 1.24 bits per heavy atom. The molecule has 6 N–H and O–H groups in total. The molecule has 0 bridgehead atoms. The summed E-state index contributed by atoms with van der Waals surface area (Å²) < 4.78 is 108. The number of amides is 2. The first-order chi connectivity index (χ1) is 44.4. The van der Waals surface area contributed by atoms with Crippen LogP contribution in [0.5, 0.6) is 17.2 Å². The van der Waals surface area contributed by atoms with Gasteiger partial charge in [0.25, 0.3) is 20.2 Å². The maximum absolute atomic E-state index is 13.7. The van der Waals surface area contributed by atoms with Crippen molar-refractivity contribution in [2.75, 3.05) is 138 Å². The Bertz CT molecular complexity index is 3750. The van der Waals surface area contributed by atoms with Crippen molar-refractivity contribution in [2.45, 2.75) is 48.8 Å². The van der Waals surface area contributed by atoms with Gasteiger partial charge in [0.2, 0.25) is 16.4 Å². The van der Waals surface area contributed by atoms with Crippen LogP contribution in [0.4, 0.5) is 0 Å². The molecular formula is C58H76BrClN12O19S3. The number of nitrogens with one attached hydrogen (secondary N) is 1. The highest BCUT2D eigenvalue weighted by Gasteiger charge is 2.36. The summed E-state index contributed by atoms with van der Waals surface area (Å²) in [7, 11) is -12.7. The maximum atomic E-state index is 13.7. The molecule has 2 aliphatic rings. The normalized spacial score (nSPS) is 15.7. The fourth-order valence-corrected chi connectivity index (χ4v) is 13.6. The third-order valence-electron chi connectivity index (χ3n) is 15.2. The Morgan fingerprint density at radius 1 is 0.670 bits per heavy atom. The summed E-state index contributed by atoms with van der Waals surface area (Å²) in [5.74, 6) is -3.04. The van der Waals surface area contributed by atoms with E-state index in [0.29, 0.717) is 85.9 Å². The fourth-order valence-electron chi connectivity index (χ4n) is 10.3. The van der Waals surface area contributed by atoms with E-state index in [1.165, 1.54) is 42.5 Å². The van der Waals surface area contributed by atoms with Crippen LogP contribution in [0, 0.1) is 0 Å². The van der Waals surface area contributed by atoms with Crippen LogP contribution < -0.4 is 19.5 Å². The smallest absolute Gasteiger partial charge is 0.317 e. The molecular weight excluding hydrogens is 1380 g/mol. The number of carboxylic acids is 3. The topological polar surface area (TPSA) is 395 Å². The molecule has 2 amide bonds. The largest absolute Gasteiger partial charge is 0.488 e. The number of benzene rings is 3. The molecule has 36 heteroatoms. The molecule has 0 spiro atoms. The predicted octanol–water partition coefficient (Wildman–Crippen LogP) is 1.56. The SMILES string of the molecule is CN(CC(=O)NCC(S(=O)(=O)O)S(=O)(=O)O)Cc1cc(Cl)c(OCc2cccc(-c3cccc(OCc4cn(CCCN5CCN(C(=O)CN6CCN(CC(=O)O)CCN(CC(=O)O)CCN(CC(=O)O)CC6)CC5)nn4)c3)c2Br)cc1OCc1cncc(S(C)(=O)=O)c1. The monoisotopic (exact) mass is 1450 g/mol. The third kappa shape index (κ3) is 24.0. The van der Waals surface area contributed by atoms with Crippen molar-refractivity contribution in [3.05, 3.63) is 111 Å². The summed E-state index contributed by atoms with van der Waals surface area (Å²) in [5, 5.41) is 39.5. The first-order valence-electron chi connectivity index (χ1n) is 29.5. The first kappa shape index (κ1) is 74.4. The van der Waals surface area contributed by atoms with Gasteiger partial charge >= 0.3 is 17.9 Å². The van der Waals surface area contributed by atoms with Crippen LogP contribution in [-0.4, -0.2) is 276 Å². The van der Waals surface area contributed by atoms with Gasteiger partial charge in [0.1, 0.15) is 42.8 Å². The Balaban J connectivity index is 0.901. The highest BCUT2D eigenvalue weighted by atomic mass is 79.9. The number of aliphatic carboxylic acids is 3. The first-order valence-corrected chi connectivity index (χ1v) is 35.6. The molecule has 2 aromatic heterocycles. The zero-order chi connectivity index (χ0) is 68.3. The van der Waals surface area contributed by atoms with Crippen LogP contribution >= 0.6 is 27.5 Å². The molecule has 0 radical (unpaired) electrons. The van der Waals surface area contributed by atoms with Crippen molar-refractivity contribution in [3.8, 4) is 28.4 Å². The summed E-state index contributed by atoms with van der Waals surface area (Å²) in [6, 6.07) is 17.6. The minimum absolute atomic E-state index is 0.00673. The number of aryl methyl sites for hydroxylation is 1. The van der Waals surface area contributed by atoms with E-state index in [1.54, 1.807) is 19.4 Å². The summed E-state index contributed by atoms with van der Waals surface area (Å²) >= 11 is 10.6. The van der Waals surface area contributed by atoms with Crippen LogP contribution in [0.1, 0.15) is 28.8 Å². The number of hydrogen-bond donors (Lipinski definition) is 6. The van der Waals surface area contributed by atoms with Crippen molar-refractivity contribution in [1.82, 2.24) is 59.6 Å². The van der Waals surface area contributed by atoms with E-state index >= 15 is 0 Å². The van der Waals surface area contributed by atoms with Gasteiger partial charge in [0.05, 0.1) is 55.4 Å². The van der Waals surface area contributed by atoms with Gasteiger partial charge in [0.15, 0.2) is 9.84 Å². The quantitative estimate of drug-likeness (QED) is 0.0343. The molecule has 5 aromatic rings. The second-order valence-electron chi connectivity index (χ2n) is 22.6.